The molecule has 0 radical (unpaired) electrons. The number of hydrogen-bond acceptors (Lipinski definition) is 4. The quantitative estimate of drug-likeness (QED) is 0.795. The number of carbonyl (C=O) groups excluding carboxylic acids is 1. The molecular formula is C21H25FN4O2. The smallest absolute Gasteiger partial charge is 0.410 e. The molecule has 1 amide bonds. The lowest BCUT2D eigenvalue weighted by Gasteiger charge is -2.33. The van der Waals surface area contributed by atoms with Crippen LogP contribution < -0.4 is 0 Å². The summed E-state index contributed by atoms with van der Waals surface area (Å²) in [5.74, 6) is -0.0232. The Morgan fingerprint density at radius 1 is 1.29 bits per heavy atom. The van der Waals surface area contributed by atoms with Crippen molar-refractivity contribution in [3.63, 3.8) is 0 Å². The number of likely N-dealkylation sites (tertiary alicyclic amines) is 1. The van der Waals surface area contributed by atoms with Crippen LogP contribution in [0.4, 0.5) is 9.18 Å². The first-order chi connectivity index (χ1) is 13.2. The number of aromatic nitrogens is 2. The van der Waals surface area contributed by atoms with Gasteiger partial charge in [-0.25, -0.2) is 9.18 Å². The lowest BCUT2D eigenvalue weighted by Crippen LogP contribution is -2.42. The fourth-order valence-corrected chi connectivity index (χ4v) is 3.32. The summed E-state index contributed by atoms with van der Waals surface area (Å²) >= 11 is 0. The highest BCUT2D eigenvalue weighted by atomic mass is 19.1. The third-order valence-corrected chi connectivity index (χ3v) is 4.70. The number of piperidine rings is 1. The third-order valence-electron chi connectivity index (χ3n) is 4.70. The van der Waals surface area contributed by atoms with Crippen molar-refractivity contribution in [2.45, 2.75) is 45.8 Å². The third kappa shape index (κ3) is 5.10. The largest absolute Gasteiger partial charge is 0.444 e. The molecule has 2 heterocycles. The second-order valence-corrected chi connectivity index (χ2v) is 8.20. The Kier molecular flexibility index (Phi) is 5.68. The van der Waals surface area contributed by atoms with E-state index in [1.54, 1.807) is 17.2 Å². The first-order valence-corrected chi connectivity index (χ1v) is 9.45. The van der Waals surface area contributed by atoms with Crippen LogP contribution in [0.25, 0.3) is 11.1 Å². The van der Waals surface area contributed by atoms with Crippen LogP contribution in [-0.4, -0.2) is 39.5 Å². The maximum atomic E-state index is 13.7. The van der Waals surface area contributed by atoms with Crippen molar-refractivity contribution >= 4 is 6.09 Å². The molecule has 0 unspecified atom stereocenters. The molecule has 1 aromatic carbocycles. The van der Waals surface area contributed by atoms with Crippen LogP contribution in [0.1, 0.15) is 39.2 Å². The SMILES string of the molecule is CC(C)(C)OC(=O)N1CCC(Cn2cc(-c3cc(F)cc(C#N)c3)cn2)CC1. The Bertz CT molecular complexity index is 887. The van der Waals surface area contributed by atoms with Gasteiger partial charge in [0.1, 0.15) is 11.4 Å². The molecule has 3 rings (SSSR count). The minimum absolute atomic E-state index is 0.258. The van der Waals surface area contributed by atoms with Gasteiger partial charge < -0.3 is 9.64 Å². The number of amides is 1. The zero-order chi connectivity index (χ0) is 20.3. The van der Waals surface area contributed by atoms with E-state index in [0.717, 1.165) is 24.9 Å². The van der Waals surface area contributed by atoms with Crippen molar-refractivity contribution in [2.24, 2.45) is 5.92 Å². The minimum Gasteiger partial charge on any atom is -0.444 e. The highest BCUT2D eigenvalue weighted by molar-refractivity contribution is 5.68. The monoisotopic (exact) mass is 384 g/mol. The maximum absolute atomic E-state index is 13.7. The predicted molar refractivity (Wildman–Crippen MR) is 103 cm³/mol. The van der Waals surface area contributed by atoms with E-state index in [1.807, 2.05) is 37.7 Å². The Labute approximate surface area is 164 Å². The molecule has 2 aromatic rings. The van der Waals surface area contributed by atoms with Crippen molar-refractivity contribution in [2.75, 3.05) is 13.1 Å². The number of benzene rings is 1. The summed E-state index contributed by atoms with van der Waals surface area (Å²) in [6, 6.07) is 6.24. The Hall–Kier alpha value is -2.88. The number of nitriles is 1. The fraction of sp³-hybridized carbons (Fsp3) is 0.476. The van der Waals surface area contributed by atoms with E-state index in [1.165, 1.54) is 12.1 Å². The van der Waals surface area contributed by atoms with Gasteiger partial charge in [-0.3, -0.25) is 4.68 Å². The molecule has 28 heavy (non-hydrogen) atoms. The number of rotatable bonds is 3. The van der Waals surface area contributed by atoms with Gasteiger partial charge in [0.25, 0.3) is 0 Å². The summed E-state index contributed by atoms with van der Waals surface area (Å²) in [6.45, 7) is 7.68. The van der Waals surface area contributed by atoms with Crippen LogP contribution in [0.5, 0.6) is 0 Å². The van der Waals surface area contributed by atoms with E-state index in [-0.39, 0.29) is 11.7 Å². The predicted octanol–water partition coefficient (Wildman–Crippen LogP) is 4.21. The molecule has 0 spiro atoms. The van der Waals surface area contributed by atoms with Gasteiger partial charge in [-0.1, -0.05) is 0 Å². The van der Waals surface area contributed by atoms with E-state index in [2.05, 4.69) is 5.10 Å². The standard InChI is InChI=1S/C21H25FN4O2/c1-21(2,3)28-20(27)25-6-4-15(5-7-25)13-26-14-18(12-24-26)17-8-16(11-23)9-19(22)10-17/h8-10,12,14-15H,4-7,13H2,1-3H3. The first-order valence-electron chi connectivity index (χ1n) is 9.45. The zero-order valence-corrected chi connectivity index (χ0v) is 16.5. The number of ether oxygens (including phenoxy) is 1. The molecule has 0 bridgehead atoms. The van der Waals surface area contributed by atoms with E-state index < -0.39 is 11.4 Å². The summed E-state index contributed by atoms with van der Waals surface area (Å²) in [4.78, 5) is 13.9. The number of carbonyl (C=O) groups is 1. The minimum atomic E-state index is -0.484. The van der Waals surface area contributed by atoms with Crippen molar-refractivity contribution in [1.29, 1.82) is 5.26 Å². The molecule has 0 aliphatic carbocycles. The molecule has 0 atom stereocenters. The Morgan fingerprint density at radius 2 is 2.00 bits per heavy atom. The van der Waals surface area contributed by atoms with Gasteiger partial charge in [-0.15, -0.1) is 0 Å². The first kappa shape index (κ1) is 19.9. The second-order valence-electron chi connectivity index (χ2n) is 8.20. The van der Waals surface area contributed by atoms with Crippen molar-refractivity contribution in [1.82, 2.24) is 14.7 Å². The van der Waals surface area contributed by atoms with Gasteiger partial charge in [0.05, 0.1) is 17.8 Å². The van der Waals surface area contributed by atoms with Gasteiger partial charge >= 0.3 is 6.09 Å². The average molecular weight is 384 g/mol. The van der Waals surface area contributed by atoms with Gasteiger partial charge in [0.2, 0.25) is 0 Å². The molecule has 148 valence electrons. The van der Waals surface area contributed by atoms with Crippen molar-refractivity contribution < 1.29 is 13.9 Å². The van der Waals surface area contributed by atoms with Crippen LogP contribution in [0.15, 0.2) is 30.6 Å². The van der Waals surface area contributed by atoms with E-state index in [0.29, 0.717) is 24.6 Å². The summed E-state index contributed by atoms with van der Waals surface area (Å²) in [5.41, 5.74) is 1.23. The maximum Gasteiger partial charge on any atom is 0.410 e. The lowest BCUT2D eigenvalue weighted by molar-refractivity contribution is 0.0177. The molecule has 1 saturated heterocycles. The van der Waals surface area contributed by atoms with E-state index >= 15 is 0 Å². The highest BCUT2D eigenvalue weighted by Gasteiger charge is 2.27. The van der Waals surface area contributed by atoms with Gasteiger partial charge in [-0.05, 0) is 63.3 Å². The zero-order valence-electron chi connectivity index (χ0n) is 16.5. The van der Waals surface area contributed by atoms with Crippen LogP contribution in [0, 0.1) is 23.1 Å². The lowest BCUT2D eigenvalue weighted by atomic mass is 9.97. The molecule has 1 aliphatic rings. The Morgan fingerprint density at radius 3 is 2.64 bits per heavy atom. The fourth-order valence-electron chi connectivity index (χ4n) is 3.32. The molecule has 7 heteroatoms. The normalized spacial score (nSPS) is 15.3. The van der Waals surface area contributed by atoms with Crippen molar-refractivity contribution in [3.8, 4) is 17.2 Å². The summed E-state index contributed by atoms with van der Waals surface area (Å²) in [7, 11) is 0. The topological polar surface area (TPSA) is 71.2 Å². The van der Waals surface area contributed by atoms with Gasteiger partial charge in [-0.2, -0.15) is 10.4 Å². The summed E-state index contributed by atoms with van der Waals surface area (Å²) in [6.07, 6.45) is 5.06. The van der Waals surface area contributed by atoms with Crippen LogP contribution in [-0.2, 0) is 11.3 Å². The number of hydrogen-bond donors (Lipinski definition) is 0. The second kappa shape index (κ2) is 8.01. The highest BCUT2D eigenvalue weighted by Crippen LogP contribution is 2.24. The Balaban J connectivity index is 1.58. The molecule has 1 fully saturated rings. The molecule has 1 aromatic heterocycles. The van der Waals surface area contributed by atoms with Crippen molar-refractivity contribution in [3.05, 3.63) is 42.0 Å². The van der Waals surface area contributed by atoms with Gasteiger partial charge in [0.15, 0.2) is 0 Å². The average Bonchev–Trinajstić information content (AvgIpc) is 3.09. The molecular weight excluding hydrogens is 359 g/mol. The van der Waals surface area contributed by atoms with Crippen LogP contribution in [0.3, 0.4) is 0 Å². The van der Waals surface area contributed by atoms with Gasteiger partial charge in [0, 0.05) is 31.4 Å². The van der Waals surface area contributed by atoms with Crippen LogP contribution >= 0.6 is 0 Å². The van der Waals surface area contributed by atoms with E-state index in [4.69, 9.17) is 10.00 Å². The number of halogens is 1. The molecule has 0 saturated carbocycles. The molecule has 6 nitrogen and oxygen atoms in total. The molecule has 1 aliphatic heterocycles. The van der Waals surface area contributed by atoms with Crippen LogP contribution in [0.2, 0.25) is 0 Å². The molecule has 0 N–H and O–H groups in total. The summed E-state index contributed by atoms with van der Waals surface area (Å²) < 4.78 is 20.9. The summed E-state index contributed by atoms with van der Waals surface area (Å²) in [5, 5.41) is 13.4. The number of nitrogens with zero attached hydrogens (tertiary/aromatic N) is 4. The van der Waals surface area contributed by atoms with E-state index in [9.17, 15) is 9.18 Å².